The summed E-state index contributed by atoms with van der Waals surface area (Å²) in [5.74, 6) is 1.72. The Bertz CT molecular complexity index is 176. The minimum absolute atomic E-state index is 0.637. The highest BCUT2D eigenvalue weighted by atomic mass is 14.9. The zero-order valence-corrected chi connectivity index (χ0v) is 11.8. The lowest BCUT2D eigenvalue weighted by atomic mass is 9.71. The van der Waals surface area contributed by atoms with Crippen molar-refractivity contribution in [3.8, 4) is 0 Å². The molecule has 96 valence electrons. The maximum atomic E-state index is 3.72. The maximum absolute atomic E-state index is 3.72. The van der Waals surface area contributed by atoms with Crippen molar-refractivity contribution >= 4 is 0 Å². The van der Waals surface area contributed by atoms with Crippen LogP contribution in [0.3, 0.4) is 0 Å². The van der Waals surface area contributed by atoms with Crippen molar-refractivity contribution in [2.45, 2.75) is 66.2 Å². The highest BCUT2D eigenvalue weighted by Gasteiger charge is 2.38. The SMILES string of the molecule is CCC(CC)C1(CNCC(C)C)CCCC1. The van der Waals surface area contributed by atoms with Gasteiger partial charge in [-0.3, -0.25) is 0 Å². The van der Waals surface area contributed by atoms with Crippen molar-refractivity contribution in [2.24, 2.45) is 17.3 Å². The summed E-state index contributed by atoms with van der Waals surface area (Å²) < 4.78 is 0. The van der Waals surface area contributed by atoms with E-state index in [0.29, 0.717) is 5.41 Å². The van der Waals surface area contributed by atoms with Gasteiger partial charge in [0.05, 0.1) is 0 Å². The lowest BCUT2D eigenvalue weighted by Crippen LogP contribution is -2.39. The summed E-state index contributed by atoms with van der Waals surface area (Å²) in [4.78, 5) is 0. The molecule has 0 aromatic carbocycles. The molecule has 0 aliphatic heterocycles. The van der Waals surface area contributed by atoms with Crippen molar-refractivity contribution in [2.75, 3.05) is 13.1 Å². The van der Waals surface area contributed by atoms with Gasteiger partial charge in [-0.15, -0.1) is 0 Å². The molecule has 1 heteroatoms. The van der Waals surface area contributed by atoms with Gasteiger partial charge in [-0.05, 0) is 36.6 Å². The van der Waals surface area contributed by atoms with E-state index in [1.165, 1.54) is 51.6 Å². The molecule has 1 rings (SSSR count). The lowest BCUT2D eigenvalue weighted by molar-refractivity contribution is 0.148. The molecule has 1 saturated carbocycles. The van der Waals surface area contributed by atoms with Crippen LogP contribution < -0.4 is 5.32 Å². The first kappa shape index (κ1) is 14.0. The van der Waals surface area contributed by atoms with Crippen LogP contribution in [0, 0.1) is 17.3 Å². The van der Waals surface area contributed by atoms with Crippen LogP contribution in [0.5, 0.6) is 0 Å². The van der Waals surface area contributed by atoms with Crippen molar-refractivity contribution in [3.63, 3.8) is 0 Å². The molecule has 1 N–H and O–H groups in total. The normalized spacial score (nSPS) is 19.9. The topological polar surface area (TPSA) is 12.0 Å². The molecule has 0 unspecified atom stereocenters. The summed E-state index contributed by atoms with van der Waals surface area (Å²) >= 11 is 0. The molecule has 0 aromatic heterocycles. The molecule has 0 spiro atoms. The fourth-order valence-corrected chi connectivity index (χ4v) is 3.57. The Morgan fingerprint density at radius 2 is 1.62 bits per heavy atom. The summed E-state index contributed by atoms with van der Waals surface area (Å²) in [5, 5.41) is 3.72. The molecular weight excluding hydrogens is 194 g/mol. The standard InChI is InChI=1S/C15H31N/c1-5-14(6-2)15(9-7-8-10-15)12-16-11-13(3)4/h13-14,16H,5-12H2,1-4H3. The Morgan fingerprint density at radius 3 is 2.06 bits per heavy atom. The first-order valence-electron chi connectivity index (χ1n) is 7.35. The van der Waals surface area contributed by atoms with Crippen molar-refractivity contribution < 1.29 is 0 Å². The second-order valence-electron chi connectivity index (χ2n) is 6.11. The monoisotopic (exact) mass is 225 g/mol. The Labute approximate surface area is 102 Å². The first-order chi connectivity index (χ1) is 7.64. The molecule has 1 nitrogen and oxygen atoms in total. The van der Waals surface area contributed by atoms with Gasteiger partial charge in [-0.1, -0.05) is 53.4 Å². The zero-order valence-electron chi connectivity index (χ0n) is 11.8. The molecular formula is C15H31N. The van der Waals surface area contributed by atoms with Crippen LogP contribution in [0.1, 0.15) is 66.2 Å². The van der Waals surface area contributed by atoms with E-state index in [2.05, 4.69) is 33.0 Å². The van der Waals surface area contributed by atoms with E-state index in [9.17, 15) is 0 Å². The molecule has 1 fully saturated rings. The second-order valence-corrected chi connectivity index (χ2v) is 6.11. The van der Waals surface area contributed by atoms with Gasteiger partial charge in [0.1, 0.15) is 0 Å². The Balaban J connectivity index is 2.51. The molecule has 0 aromatic rings. The van der Waals surface area contributed by atoms with Crippen LogP contribution in [-0.4, -0.2) is 13.1 Å². The third kappa shape index (κ3) is 3.48. The van der Waals surface area contributed by atoms with Gasteiger partial charge in [0.25, 0.3) is 0 Å². The van der Waals surface area contributed by atoms with Gasteiger partial charge in [-0.25, -0.2) is 0 Å². The summed E-state index contributed by atoms with van der Waals surface area (Å²) in [6.45, 7) is 11.8. The second kappa shape index (κ2) is 6.64. The molecule has 0 bridgehead atoms. The van der Waals surface area contributed by atoms with E-state index >= 15 is 0 Å². The predicted octanol–water partition coefficient (Wildman–Crippen LogP) is 4.23. The summed E-state index contributed by atoms with van der Waals surface area (Å²) in [7, 11) is 0. The number of rotatable bonds is 7. The quantitative estimate of drug-likeness (QED) is 0.684. The highest BCUT2D eigenvalue weighted by Crippen LogP contribution is 2.46. The van der Waals surface area contributed by atoms with E-state index in [4.69, 9.17) is 0 Å². The summed E-state index contributed by atoms with van der Waals surface area (Å²) in [6.07, 6.45) is 8.56. The van der Waals surface area contributed by atoms with Gasteiger partial charge >= 0.3 is 0 Å². The number of hydrogen-bond donors (Lipinski definition) is 1. The maximum Gasteiger partial charge on any atom is 0.00106 e. The van der Waals surface area contributed by atoms with Crippen LogP contribution in [0.15, 0.2) is 0 Å². The smallest absolute Gasteiger partial charge is 0.00106 e. The van der Waals surface area contributed by atoms with E-state index in [1.54, 1.807) is 0 Å². The fourth-order valence-electron chi connectivity index (χ4n) is 3.57. The van der Waals surface area contributed by atoms with E-state index in [0.717, 1.165) is 11.8 Å². The first-order valence-corrected chi connectivity index (χ1v) is 7.35. The fraction of sp³-hybridized carbons (Fsp3) is 1.00. The van der Waals surface area contributed by atoms with E-state index in [1.807, 2.05) is 0 Å². The van der Waals surface area contributed by atoms with Gasteiger partial charge in [0.15, 0.2) is 0 Å². The Kier molecular flexibility index (Phi) is 5.82. The molecule has 1 aliphatic rings. The Hall–Kier alpha value is -0.0400. The van der Waals surface area contributed by atoms with Gasteiger partial charge < -0.3 is 5.32 Å². The minimum atomic E-state index is 0.637. The van der Waals surface area contributed by atoms with E-state index < -0.39 is 0 Å². The van der Waals surface area contributed by atoms with Gasteiger partial charge in [-0.2, -0.15) is 0 Å². The molecule has 0 heterocycles. The largest absolute Gasteiger partial charge is 0.316 e. The van der Waals surface area contributed by atoms with Crippen LogP contribution in [0.4, 0.5) is 0 Å². The summed E-state index contributed by atoms with van der Waals surface area (Å²) in [5.41, 5.74) is 0.637. The van der Waals surface area contributed by atoms with Crippen LogP contribution in [-0.2, 0) is 0 Å². The van der Waals surface area contributed by atoms with Crippen LogP contribution in [0.2, 0.25) is 0 Å². The van der Waals surface area contributed by atoms with Crippen LogP contribution >= 0.6 is 0 Å². The minimum Gasteiger partial charge on any atom is -0.316 e. The molecule has 0 amide bonds. The predicted molar refractivity (Wildman–Crippen MR) is 72.7 cm³/mol. The van der Waals surface area contributed by atoms with Crippen molar-refractivity contribution in [3.05, 3.63) is 0 Å². The van der Waals surface area contributed by atoms with Crippen molar-refractivity contribution in [1.29, 1.82) is 0 Å². The molecule has 0 saturated heterocycles. The lowest BCUT2D eigenvalue weighted by Gasteiger charge is -2.37. The molecule has 1 aliphatic carbocycles. The average Bonchev–Trinajstić information content (AvgIpc) is 2.69. The summed E-state index contributed by atoms with van der Waals surface area (Å²) in [6, 6.07) is 0. The van der Waals surface area contributed by atoms with Gasteiger partial charge in [0, 0.05) is 6.54 Å². The zero-order chi connectivity index (χ0) is 12.0. The molecule has 0 atom stereocenters. The van der Waals surface area contributed by atoms with Crippen LogP contribution in [0.25, 0.3) is 0 Å². The van der Waals surface area contributed by atoms with Gasteiger partial charge in [0.2, 0.25) is 0 Å². The highest BCUT2D eigenvalue weighted by molar-refractivity contribution is 4.91. The number of hydrogen-bond acceptors (Lipinski definition) is 1. The molecule has 0 radical (unpaired) electrons. The Morgan fingerprint density at radius 1 is 1.06 bits per heavy atom. The third-order valence-corrected chi connectivity index (χ3v) is 4.48. The third-order valence-electron chi connectivity index (χ3n) is 4.48. The van der Waals surface area contributed by atoms with Crippen molar-refractivity contribution in [1.82, 2.24) is 5.32 Å². The number of nitrogens with one attached hydrogen (secondary N) is 1. The van der Waals surface area contributed by atoms with E-state index in [-0.39, 0.29) is 0 Å². The average molecular weight is 225 g/mol. The molecule has 16 heavy (non-hydrogen) atoms.